The minimum atomic E-state index is -0.276. The highest BCUT2D eigenvalue weighted by atomic mass is 32.1. The third kappa shape index (κ3) is 2.83. The minimum Gasteiger partial charge on any atom is -0.369 e. The van der Waals surface area contributed by atoms with Crippen molar-refractivity contribution < 1.29 is 4.79 Å². The Morgan fingerprint density at radius 2 is 2.27 bits per heavy atom. The molecule has 7 nitrogen and oxygen atoms in total. The first-order valence-electron chi connectivity index (χ1n) is 7.54. The van der Waals surface area contributed by atoms with Gasteiger partial charge in [0.2, 0.25) is 16.0 Å². The van der Waals surface area contributed by atoms with Gasteiger partial charge in [-0.2, -0.15) is 4.52 Å². The number of hydrogen-bond donors (Lipinski definition) is 2. The van der Waals surface area contributed by atoms with E-state index >= 15 is 0 Å². The van der Waals surface area contributed by atoms with Gasteiger partial charge in [-0.25, -0.2) is 4.98 Å². The fourth-order valence-electron chi connectivity index (χ4n) is 2.90. The predicted molar refractivity (Wildman–Crippen MR) is 85.1 cm³/mol. The molecule has 2 aromatic rings. The van der Waals surface area contributed by atoms with Crippen LogP contribution < -0.4 is 16.6 Å². The van der Waals surface area contributed by atoms with Gasteiger partial charge in [0.05, 0.1) is 5.92 Å². The van der Waals surface area contributed by atoms with Crippen molar-refractivity contribution in [2.24, 2.45) is 11.7 Å². The number of nitrogens with zero attached hydrogens (tertiary/aromatic N) is 3. The van der Waals surface area contributed by atoms with E-state index in [0.717, 1.165) is 31.4 Å². The van der Waals surface area contributed by atoms with Crippen LogP contribution in [0.1, 0.15) is 38.3 Å². The Kier molecular flexibility index (Phi) is 4.10. The van der Waals surface area contributed by atoms with Crippen molar-refractivity contribution >= 4 is 27.3 Å². The zero-order valence-corrected chi connectivity index (χ0v) is 13.2. The number of anilines is 1. The van der Waals surface area contributed by atoms with E-state index in [1.165, 1.54) is 21.9 Å². The largest absolute Gasteiger partial charge is 0.369 e. The minimum absolute atomic E-state index is 0.0202. The van der Waals surface area contributed by atoms with E-state index in [1.54, 1.807) is 0 Å². The average molecular weight is 321 g/mol. The number of carbonyl (C=O) groups is 1. The molecule has 118 valence electrons. The van der Waals surface area contributed by atoms with Gasteiger partial charge in [-0.05, 0) is 19.3 Å². The van der Waals surface area contributed by atoms with Crippen molar-refractivity contribution in [2.45, 2.75) is 45.1 Å². The van der Waals surface area contributed by atoms with Crippen molar-refractivity contribution in [3.63, 3.8) is 0 Å². The van der Waals surface area contributed by atoms with Crippen LogP contribution in [-0.4, -0.2) is 26.5 Å². The van der Waals surface area contributed by atoms with Gasteiger partial charge in [0, 0.05) is 17.8 Å². The first kappa shape index (κ1) is 15.0. The Labute approximate surface area is 131 Å². The summed E-state index contributed by atoms with van der Waals surface area (Å²) in [6.45, 7) is 1.96. The number of nitrogens with two attached hydrogens (primary N) is 1. The molecule has 2 heterocycles. The molecule has 2 unspecified atom stereocenters. The number of fused-ring (bicyclic) bond motifs is 1. The molecule has 0 aliphatic heterocycles. The second-order valence-electron chi connectivity index (χ2n) is 5.59. The monoisotopic (exact) mass is 321 g/mol. The van der Waals surface area contributed by atoms with Crippen LogP contribution >= 0.6 is 11.3 Å². The highest BCUT2D eigenvalue weighted by molar-refractivity contribution is 7.20. The van der Waals surface area contributed by atoms with Crippen LogP contribution in [0.5, 0.6) is 0 Å². The Morgan fingerprint density at radius 1 is 1.50 bits per heavy atom. The molecular weight excluding hydrogens is 302 g/mol. The topological polar surface area (TPSA) is 102 Å². The summed E-state index contributed by atoms with van der Waals surface area (Å²) in [5.41, 5.74) is 6.06. The molecule has 0 saturated heterocycles. The summed E-state index contributed by atoms with van der Waals surface area (Å²) >= 11 is 1.33. The maximum atomic E-state index is 12.0. The summed E-state index contributed by atoms with van der Waals surface area (Å²) in [7, 11) is 0. The standard InChI is InChI=1S/C14H19N5O2S/c1-2-8-7-11(20)19-14(16-8)22-13(18-19)17-10-6-4-3-5-9(10)12(15)21/h7,9-10H,2-6H2,1H3,(H2,15,21)(H,17,18). The van der Waals surface area contributed by atoms with Crippen LogP contribution in [0.2, 0.25) is 0 Å². The van der Waals surface area contributed by atoms with Gasteiger partial charge in [-0.1, -0.05) is 31.1 Å². The Morgan fingerprint density at radius 3 is 3.00 bits per heavy atom. The van der Waals surface area contributed by atoms with Crippen LogP contribution in [0.15, 0.2) is 10.9 Å². The van der Waals surface area contributed by atoms with Crippen LogP contribution in [0, 0.1) is 5.92 Å². The molecule has 22 heavy (non-hydrogen) atoms. The van der Waals surface area contributed by atoms with Gasteiger partial charge in [0.1, 0.15) is 0 Å². The van der Waals surface area contributed by atoms with Gasteiger partial charge in [0.25, 0.3) is 5.56 Å². The van der Waals surface area contributed by atoms with E-state index in [9.17, 15) is 9.59 Å². The lowest BCUT2D eigenvalue weighted by Gasteiger charge is -2.29. The second-order valence-corrected chi connectivity index (χ2v) is 6.54. The van der Waals surface area contributed by atoms with Crippen molar-refractivity contribution in [2.75, 3.05) is 5.32 Å². The lowest BCUT2D eigenvalue weighted by molar-refractivity contribution is -0.122. The molecule has 0 bridgehead atoms. The Hall–Kier alpha value is -1.96. The fourth-order valence-corrected chi connectivity index (χ4v) is 3.78. The summed E-state index contributed by atoms with van der Waals surface area (Å²) in [5.74, 6) is -0.460. The molecule has 2 aromatic heterocycles. The molecule has 1 aliphatic carbocycles. The van der Waals surface area contributed by atoms with E-state index in [2.05, 4.69) is 15.4 Å². The number of primary amides is 1. The number of hydrogen-bond acceptors (Lipinski definition) is 6. The summed E-state index contributed by atoms with van der Waals surface area (Å²) in [6, 6.07) is 1.48. The fraction of sp³-hybridized carbons (Fsp3) is 0.571. The van der Waals surface area contributed by atoms with Gasteiger partial charge in [-0.3, -0.25) is 9.59 Å². The predicted octanol–water partition coefficient (Wildman–Crippen LogP) is 1.17. The van der Waals surface area contributed by atoms with Gasteiger partial charge < -0.3 is 11.1 Å². The third-order valence-corrected chi connectivity index (χ3v) is 4.94. The highest BCUT2D eigenvalue weighted by Gasteiger charge is 2.30. The van der Waals surface area contributed by atoms with E-state index in [0.29, 0.717) is 16.5 Å². The molecule has 3 rings (SSSR count). The number of aryl methyl sites for hydroxylation is 1. The number of carbonyl (C=O) groups excluding carboxylic acids is 1. The van der Waals surface area contributed by atoms with Crippen LogP contribution in [-0.2, 0) is 11.2 Å². The molecule has 1 saturated carbocycles. The quantitative estimate of drug-likeness (QED) is 0.880. The number of amides is 1. The SMILES string of the molecule is CCc1cc(=O)n2nc(NC3CCCCC3C(N)=O)sc2n1. The highest BCUT2D eigenvalue weighted by Crippen LogP contribution is 2.28. The summed E-state index contributed by atoms with van der Waals surface area (Å²) in [5, 5.41) is 8.15. The van der Waals surface area contributed by atoms with E-state index in [-0.39, 0.29) is 23.4 Å². The second kappa shape index (κ2) is 6.04. The zero-order valence-electron chi connectivity index (χ0n) is 12.4. The van der Waals surface area contributed by atoms with Crippen molar-refractivity contribution in [1.82, 2.24) is 14.6 Å². The van der Waals surface area contributed by atoms with Crippen LogP contribution in [0.3, 0.4) is 0 Å². The van der Waals surface area contributed by atoms with Crippen LogP contribution in [0.4, 0.5) is 5.13 Å². The van der Waals surface area contributed by atoms with Gasteiger partial charge in [-0.15, -0.1) is 5.10 Å². The number of rotatable bonds is 4. The maximum absolute atomic E-state index is 12.0. The molecular formula is C14H19N5O2S. The molecule has 8 heteroatoms. The average Bonchev–Trinajstić information content (AvgIpc) is 2.90. The molecule has 0 aromatic carbocycles. The van der Waals surface area contributed by atoms with Crippen molar-refractivity contribution in [3.8, 4) is 0 Å². The molecule has 0 spiro atoms. The van der Waals surface area contributed by atoms with Gasteiger partial charge >= 0.3 is 0 Å². The van der Waals surface area contributed by atoms with E-state index in [1.807, 2.05) is 6.92 Å². The number of nitrogens with one attached hydrogen (secondary N) is 1. The van der Waals surface area contributed by atoms with Crippen LogP contribution in [0.25, 0.3) is 4.96 Å². The normalized spacial score (nSPS) is 21.9. The Bertz CT molecular complexity index is 753. The molecule has 2 atom stereocenters. The van der Waals surface area contributed by atoms with Crippen molar-refractivity contribution in [3.05, 3.63) is 22.1 Å². The molecule has 1 aliphatic rings. The first-order valence-corrected chi connectivity index (χ1v) is 8.35. The van der Waals surface area contributed by atoms with Crippen molar-refractivity contribution in [1.29, 1.82) is 0 Å². The smallest absolute Gasteiger partial charge is 0.275 e. The molecule has 3 N–H and O–H groups in total. The molecule has 1 fully saturated rings. The molecule has 1 amide bonds. The lowest BCUT2D eigenvalue weighted by atomic mass is 9.84. The first-order chi connectivity index (χ1) is 10.6. The van der Waals surface area contributed by atoms with E-state index < -0.39 is 0 Å². The summed E-state index contributed by atoms with van der Waals surface area (Å²) < 4.78 is 1.30. The lowest BCUT2D eigenvalue weighted by Crippen LogP contribution is -2.40. The Balaban J connectivity index is 1.88. The third-order valence-electron chi connectivity index (χ3n) is 4.10. The molecule has 0 radical (unpaired) electrons. The summed E-state index contributed by atoms with van der Waals surface area (Å²) in [4.78, 5) is 28.5. The number of aromatic nitrogens is 3. The zero-order chi connectivity index (χ0) is 15.7. The summed E-state index contributed by atoms with van der Waals surface area (Å²) in [6.07, 6.45) is 4.47. The maximum Gasteiger partial charge on any atom is 0.275 e. The van der Waals surface area contributed by atoms with Gasteiger partial charge in [0.15, 0.2) is 0 Å². The van der Waals surface area contributed by atoms with E-state index in [4.69, 9.17) is 5.73 Å².